The van der Waals surface area contributed by atoms with Crippen molar-refractivity contribution in [2.75, 3.05) is 53.5 Å². The lowest BCUT2D eigenvalue weighted by atomic mass is 9.73. The van der Waals surface area contributed by atoms with Crippen molar-refractivity contribution in [3.8, 4) is 40.2 Å². The number of piperazine rings is 1. The average Bonchev–Trinajstić information content (AvgIpc) is 3.61. The highest BCUT2D eigenvalue weighted by Crippen LogP contribution is 2.63. The van der Waals surface area contributed by atoms with E-state index in [1.54, 1.807) is 31.0 Å². The van der Waals surface area contributed by atoms with Gasteiger partial charge in [0.25, 0.3) is 0 Å². The fourth-order valence-electron chi connectivity index (χ4n) is 9.92. The first-order valence-electron chi connectivity index (χ1n) is 17.9. The van der Waals surface area contributed by atoms with Gasteiger partial charge in [0.2, 0.25) is 6.79 Å². The van der Waals surface area contributed by atoms with Crippen LogP contribution in [0.25, 0.3) is 0 Å². The summed E-state index contributed by atoms with van der Waals surface area (Å²) in [5.41, 5.74) is 5.22. The van der Waals surface area contributed by atoms with Crippen LogP contribution in [0.5, 0.6) is 40.2 Å². The second kappa shape index (κ2) is 12.3. The van der Waals surface area contributed by atoms with Crippen molar-refractivity contribution >= 4 is 23.7 Å². The number of aromatic hydroxyl groups is 2. The Balaban J connectivity index is 1.30. The normalized spacial score (nSPS) is 28.3. The molecule has 3 N–H and O–H groups in total. The van der Waals surface area contributed by atoms with Gasteiger partial charge in [-0.15, -0.1) is 11.8 Å². The molecule has 0 radical (unpaired) electrons. The maximum Gasteiger partial charge on any atom is 0.331 e. The van der Waals surface area contributed by atoms with E-state index in [0.717, 1.165) is 33.4 Å². The summed E-state index contributed by atoms with van der Waals surface area (Å²) in [7, 11) is 5.17. The highest BCUT2D eigenvalue weighted by Gasteiger charge is 2.59. The summed E-state index contributed by atoms with van der Waals surface area (Å²) >= 11 is 1.58. The van der Waals surface area contributed by atoms with Gasteiger partial charge in [-0.05, 0) is 68.1 Å². The number of thioether (sulfide) groups is 1. The molecule has 0 amide bonds. The average molecular weight is 746 g/mol. The number of aryl methyl sites for hydroxylation is 1. The third-order valence-electron chi connectivity index (χ3n) is 12.2. The van der Waals surface area contributed by atoms with Crippen molar-refractivity contribution in [1.82, 2.24) is 15.1 Å². The van der Waals surface area contributed by atoms with Crippen LogP contribution in [0.1, 0.15) is 68.8 Å². The molecule has 0 unspecified atom stereocenters. The Labute approximate surface area is 311 Å². The van der Waals surface area contributed by atoms with Crippen molar-refractivity contribution in [1.29, 1.82) is 0 Å². The highest BCUT2D eigenvalue weighted by molar-refractivity contribution is 7.99. The lowest BCUT2D eigenvalue weighted by molar-refractivity contribution is -0.156. The van der Waals surface area contributed by atoms with Gasteiger partial charge in [-0.3, -0.25) is 19.9 Å². The number of benzene rings is 3. The topological polar surface area (TPSA) is 148 Å². The summed E-state index contributed by atoms with van der Waals surface area (Å²) in [5.74, 6) is 1.66. The lowest BCUT2D eigenvalue weighted by Crippen LogP contribution is -2.65. The standard InChI is InChI=1S/C39H43N3O10S/c1-17-9-21-10-22-13-42-24-14-49-38(46)39(23-12-26(47-5)25(44)11-20(23)7-8-40-39)15-53-37(31(42)30(41(22)4)27(21)32(45)33(17)48-6)29-28(24)36-35(50-16-51-36)18(2)34(29)52-19(3)43/h9,11-12,22,24,30-31,37,40,44-45H,7-8,10,13-16H2,1-6H3/t22-,24-,30+,31+,37-,39+/m0/s1. The van der Waals surface area contributed by atoms with Crippen LogP contribution in [-0.2, 0) is 32.7 Å². The summed E-state index contributed by atoms with van der Waals surface area (Å²) < 4.78 is 36.2. The number of fused-ring (bicyclic) bond motifs is 9. The third-order valence-corrected chi connectivity index (χ3v) is 13.7. The Morgan fingerprint density at radius 1 is 1.02 bits per heavy atom. The lowest BCUT2D eigenvalue weighted by Gasteiger charge is -2.60. The molecule has 6 atom stereocenters. The van der Waals surface area contributed by atoms with E-state index in [2.05, 4.69) is 28.2 Å². The molecule has 7 aliphatic rings. The number of carbonyl (C=O) groups is 2. The monoisotopic (exact) mass is 745 g/mol. The van der Waals surface area contributed by atoms with Gasteiger partial charge in [-0.1, -0.05) is 6.07 Å². The van der Waals surface area contributed by atoms with Crippen molar-refractivity contribution in [2.45, 2.75) is 68.6 Å². The van der Waals surface area contributed by atoms with E-state index in [1.165, 1.54) is 14.0 Å². The van der Waals surface area contributed by atoms with Crippen molar-refractivity contribution in [3.05, 3.63) is 62.7 Å². The first-order chi connectivity index (χ1) is 25.5. The highest BCUT2D eigenvalue weighted by atomic mass is 32.2. The number of nitrogens with zero attached hydrogens (tertiary/aromatic N) is 2. The van der Waals surface area contributed by atoms with Crippen LogP contribution in [0.15, 0.2) is 18.2 Å². The summed E-state index contributed by atoms with van der Waals surface area (Å²) in [6.45, 7) is 6.33. The van der Waals surface area contributed by atoms with Crippen LogP contribution >= 0.6 is 11.8 Å². The molecule has 10 rings (SSSR count). The number of ether oxygens (including phenoxy) is 6. The summed E-state index contributed by atoms with van der Waals surface area (Å²) in [6.07, 6.45) is 1.31. The molecule has 0 aliphatic carbocycles. The number of carbonyl (C=O) groups excluding carboxylic acids is 2. The molecule has 7 aliphatic heterocycles. The third kappa shape index (κ3) is 4.81. The SMILES string of the molecule is COc1cc2c(cc1O)CCN[C@]21CS[C@H]2c3c(OC(C)=O)c(C)c4c(c3[C@H](COC1=O)N1C[C@@H]3Cc5cc(C)c(OC)c(O)c5[C@H]([C@H]21)N3C)OCO4. The van der Waals surface area contributed by atoms with E-state index in [1.807, 2.05) is 13.8 Å². The van der Waals surface area contributed by atoms with Crippen LogP contribution in [0.4, 0.5) is 0 Å². The van der Waals surface area contributed by atoms with Crippen LogP contribution in [0.3, 0.4) is 0 Å². The van der Waals surface area contributed by atoms with Crippen LogP contribution in [0.2, 0.25) is 0 Å². The van der Waals surface area contributed by atoms with E-state index >= 15 is 0 Å². The molecule has 14 heteroatoms. The molecule has 13 nitrogen and oxygen atoms in total. The zero-order valence-electron chi connectivity index (χ0n) is 30.5. The van der Waals surface area contributed by atoms with Crippen molar-refractivity contribution in [2.24, 2.45) is 0 Å². The molecule has 4 bridgehead atoms. The quantitative estimate of drug-likeness (QED) is 0.261. The number of hydrogen-bond donors (Lipinski definition) is 3. The van der Waals surface area contributed by atoms with Gasteiger partial charge in [0.15, 0.2) is 40.0 Å². The smallest absolute Gasteiger partial charge is 0.331 e. The molecule has 1 spiro atoms. The van der Waals surface area contributed by atoms with Crippen LogP contribution in [-0.4, -0.2) is 97.5 Å². The molecular formula is C39H43N3O10S. The van der Waals surface area contributed by atoms with Crippen molar-refractivity contribution < 1.29 is 48.2 Å². The number of likely N-dealkylation sites (N-methyl/N-ethyl adjacent to an activating group) is 1. The van der Waals surface area contributed by atoms with Gasteiger partial charge in [-0.2, -0.15) is 0 Å². The summed E-state index contributed by atoms with van der Waals surface area (Å²) in [5, 5.41) is 25.8. The Morgan fingerprint density at radius 3 is 2.57 bits per heavy atom. The number of phenols is 2. The minimum absolute atomic E-state index is 0.00613. The maximum absolute atomic E-state index is 14.7. The molecule has 0 saturated carbocycles. The van der Waals surface area contributed by atoms with E-state index in [-0.39, 0.29) is 54.5 Å². The number of rotatable bonds is 3. The van der Waals surface area contributed by atoms with Gasteiger partial charge in [-0.25, -0.2) is 4.79 Å². The Kier molecular flexibility index (Phi) is 8.01. The first kappa shape index (κ1) is 34.4. The molecule has 53 heavy (non-hydrogen) atoms. The molecule has 7 heterocycles. The largest absolute Gasteiger partial charge is 0.504 e. The van der Waals surface area contributed by atoms with Gasteiger partial charge in [0.1, 0.15) is 12.4 Å². The van der Waals surface area contributed by atoms with E-state index in [4.69, 9.17) is 28.4 Å². The number of hydrogen-bond acceptors (Lipinski definition) is 14. The van der Waals surface area contributed by atoms with E-state index in [0.29, 0.717) is 60.1 Å². The molecule has 2 saturated heterocycles. The number of nitrogens with one attached hydrogen (secondary N) is 1. The zero-order chi connectivity index (χ0) is 37.1. The van der Waals surface area contributed by atoms with E-state index in [9.17, 15) is 19.8 Å². The van der Waals surface area contributed by atoms with Gasteiger partial charge in [0, 0.05) is 60.1 Å². The van der Waals surface area contributed by atoms with Gasteiger partial charge in [0.05, 0.1) is 31.6 Å². The fourth-order valence-corrected chi connectivity index (χ4v) is 11.6. The molecule has 3 aromatic carbocycles. The second-order valence-electron chi connectivity index (χ2n) is 14.9. The van der Waals surface area contributed by atoms with Gasteiger partial charge >= 0.3 is 11.9 Å². The Bertz CT molecular complexity index is 2090. The molecule has 0 aromatic heterocycles. The Hall–Kier alpha value is -4.37. The first-order valence-corrected chi connectivity index (χ1v) is 19.0. The maximum atomic E-state index is 14.7. The van der Waals surface area contributed by atoms with E-state index < -0.39 is 28.8 Å². The number of methoxy groups -OCH3 is 2. The minimum Gasteiger partial charge on any atom is -0.504 e. The zero-order valence-corrected chi connectivity index (χ0v) is 31.3. The predicted octanol–water partition coefficient (Wildman–Crippen LogP) is 4.09. The predicted molar refractivity (Wildman–Crippen MR) is 193 cm³/mol. The fraction of sp³-hybridized carbons (Fsp3) is 0.487. The number of phenolic OH excluding ortho intramolecular Hbond substituents is 2. The summed E-state index contributed by atoms with van der Waals surface area (Å²) in [4.78, 5) is 32.3. The molecule has 2 fully saturated rings. The van der Waals surface area contributed by atoms with Crippen molar-refractivity contribution in [3.63, 3.8) is 0 Å². The molecular weight excluding hydrogens is 703 g/mol. The minimum atomic E-state index is -1.29. The van der Waals surface area contributed by atoms with Gasteiger partial charge < -0.3 is 38.6 Å². The van der Waals surface area contributed by atoms with Crippen LogP contribution < -0.4 is 29.0 Å². The summed E-state index contributed by atoms with van der Waals surface area (Å²) in [6, 6.07) is 4.51. The molecule has 280 valence electrons. The Morgan fingerprint density at radius 2 is 1.81 bits per heavy atom. The van der Waals surface area contributed by atoms with Crippen LogP contribution in [0, 0.1) is 13.8 Å². The molecule has 3 aromatic rings. The number of esters is 2. The second-order valence-corrected chi connectivity index (χ2v) is 16.0.